The average molecular weight is 459 g/mol. The van der Waals surface area contributed by atoms with Crippen LogP contribution in [0.3, 0.4) is 0 Å². The molecule has 6 heteroatoms. The fraction of sp³-hybridized carbons (Fsp3) is 0.357. The molecule has 5 nitrogen and oxygen atoms in total. The average Bonchev–Trinajstić information content (AvgIpc) is 3.22. The SMILES string of the molecule is COc1ccc(CCN2CCC(Cc3nc4ncccc4n3Cc3ccc(F)cc3)CC2)cc1. The minimum Gasteiger partial charge on any atom is -0.497 e. The van der Waals surface area contributed by atoms with Crippen LogP contribution in [0, 0.1) is 11.7 Å². The molecule has 0 bridgehead atoms. The summed E-state index contributed by atoms with van der Waals surface area (Å²) in [4.78, 5) is 11.9. The fourth-order valence-corrected chi connectivity index (χ4v) is 4.86. The minimum atomic E-state index is -0.208. The molecule has 0 unspecified atom stereocenters. The van der Waals surface area contributed by atoms with Crippen LogP contribution in [0.4, 0.5) is 4.39 Å². The Kier molecular flexibility index (Phi) is 6.86. The van der Waals surface area contributed by atoms with E-state index in [9.17, 15) is 4.39 Å². The molecule has 2 aromatic heterocycles. The lowest BCUT2D eigenvalue weighted by Crippen LogP contribution is -2.36. The molecule has 1 saturated heterocycles. The quantitative estimate of drug-likeness (QED) is 0.367. The smallest absolute Gasteiger partial charge is 0.177 e. The number of halogens is 1. The number of methoxy groups -OCH3 is 1. The van der Waals surface area contributed by atoms with Crippen molar-refractivity contribution in [2.75, 3.05) is 26.7 Å². The van der Waals surface area contributed by atoms with E-state index in [0.29, 0.717) is 12.5 Å². The molecule has 0 atom stereocenters. The molecule has 0 aliphatic carbocycles. The van der Waals surface area contributed by atoms with E-state index < -0.39 is 0 Å². The first-order valence-corrected chi connectivity index (χ1v) is 12.1. The molecule has 0 radical (unpaired) electrons. The number of nitrogens with zero attached hydrogens (tertiary/aromatic N) is 4. The molecular weight excluding hydrogens is 427 g/mol. The highest BCUT2D eigenvalue weighted by molar-refractivity contribution is 5.71. The van der Waals surface area contributed by atoms with Gasteiger partial charge >= 0.3 is 0 Å². The molecule has 0 saturated carbocycles. The summed E-state index contributed by atoms with van der Waals surface area (Å²) in [5.41, 5.74) is 4.25. The number of ether oxygens (including phenoxy) is 1. The summed E-state index contributed by atoms with van der Waals surface area (Å²) in [5.74, 6) is 2.39. The van der Waals surface area contributed by atoms with Crippen LogP contribution in [0.1, 0.15) is 29.8 Å². The molecule has 0 spiro atoms. The first-order valence-electron chi connectivity index (χ1n) is 12.1. The number of imidazole rings is 1. The van der Waals surface area contributed by atoms with Gasteiger partial charge in [0.05, 0.1) is 12.6 Å². The summed E-state index contributed by atoms with van der Waals surface area (Å²) in [7, 11) is 1.70. The van der Waals surface area contributed by atoms with E-state index in [-0.39, 0.29) is 5.82 Å². The van der Waals surface area contributed by atoms with Crippen LogP contribution in [-0.2, 0) is 19.4 Å². The Morgan fingerprint density at radius 1 is 0.971 bits per heavy atom. The van der Waals surface area contributed by atoms with E-state index in [2.05, 4.69) is 32.7 Å². The third kappa shape index (κ3) is 5.28. The van der Waals surface area contributed by atoms with Crippen molar-refractivity contribution in [3.05, 3.63) is 89.6 Å². The predicted octanol–water partition coefficient (Wildman–Crippen LogP) is 5.12. The van der Waals surface area contributed by atoms with Crippen LogP contribution in [0.5, 0.6) is 5.75 Å². The molecule has 176 valence electrons. The Morgan fingerprint density at radius 3 is 2.44 bits per heavy atom. The van der Waals surface area contributed by atoms with Gasteiger partial charge in [0.2, 0.25) is 0 Å². The van der Waals surface area contributed by atoms with Crippen LogP contribution in [0.15, 0.2) is 66.9 Å². The first-order chi connectivity index (χ1) is 16.7. The van der Waals surface area contributed by atoms with Crippen LogP contribution in [0.25, 0.3) is 11.2 Å². The van der Waals surface area contributed by atoms with Gasteiger partial charge in [-0.2, -0.15) is 0 Å². The van der Waals surface area contributed by atoms with Gasteiger partial charge in [0.15, 0.2) is 5.65 Å². The van der Waals surface area contributed by atoms with Crippen molar-refractivity contribution < 1.29 is 9.13 Å². The van der Waals surface area contributed by atoms with E-state index in [1.807, 2.05) is 30.3 Å². The van der Waals surface area contributed by atoms with Crippen LogP contribution in [-0.4, -0.2) is 46.2 Å². The Labute approximate surface area is 200 Å². The third-order valence-corrected chi connectivity index (χ3v) is 6.91. The molecule has 34 heavy (non-hydrogen) atoms. The van der Waals surface area contributed by atoms with Crippen molar-refractivity contribution in [3.63, 3.8) is 0 Å². The number of rotatable bonds is 8. The molecule has 1 fully saturated rings. The summed E-state index contributed by atoms with van der Waals surface area (Å²) in [6, 6.07) is 19.2. The molecule has 0 N–H and O–H groups in total. The summed E-state index contributed by atoms with van der Waals surface area (Å²) >= 11 is 0. The van der Waals surface area contributed by atoms with E-state index in [0.717, 1.165) is 60.8 Å². The molecular formula is C28H31FN4O. The van der Waals surface area contributed by atoms with Crippen LogP contribution in [0.2, 0.25) is 0 Å². The number of fused-ring (bicyclic) bond motifs is 1. The molecule has 0 amide bonds. The zero-order chi connectivity index (χ0) is 23.3. The van der Waals surface area contributed by atoms with Crippen molar-refractivity contribution in [1.82, 2.24) is 19.4 Å². The number of benzene rings is 2. The molecule has 4 aromatic rings. The van der Waals surface area contributed by atoms with Crippen molar-refractivity contribution >= 4 is 11.2 Å². The van der Waals surface area contributed by atoms with Gasteiger partial charge in [-0.1, -0.05) is 24.3 Å². The zero-order valence-electron chi connectivity index (χ0n) is 19.7. The molecule has 3 heterocycles. The molecule has 1 aliphatic rings. The largest absolute Gasteiger partial charge is 0.497 e. The maximum absolute atomic E-state index is 13.4. The van der Waals surface area contributed by atoms with Gasteiger partial charge in [-0.25, -0.2) is 14.4 Å². The lowest BCUT2D eigenvalue weighted by atomic mass is 9.93. The van der Waals surface area contributed by atoms with Crippen LogP contribution < -0.4 is 4.74 Å². The van der Waals surface area contributed by atoms with Gasteiger partial charge in [0.25, 0.3) is 0 Å². The fourth-order valence-electron chi connectivity index (χ4n) is 4.86. The summed E-state index contributed by atoms with van der Waals surface area (Å²) in [6.07, 6.45) is 6.16. The summed E-state index contributed by atoms with van der Waals surface area (Å²) in [6.45, 7) is 4.01. The maximum Gasteiger partial charge on any atom is 0.177 e. The molecule has 5 rings (SSSR count). The van der Waals surface area contributed by atoms with E-state index in [1.165, 1.54) is 30.5 Å². The second kappa shape index (κ2) is 10.3. The summed E-state index contributed by atoms with van der Waals surface area (Å²) in [5, 5.41) is 0. The van der Waals surface area contributed by atoms with Crippen molar-refractivity contribution in [2.45, 2.75) is 32.2 Å². The van der Waals surface area contributed by atoms with E-state index in [1.54, 1.807) is 13.3 Å². The highest BCUT2D eigenvalue weighted by Gasteiger charge is 2.22. The van der Waals surface area contributed by atoms with Gasteiger partial charge in [-0.15, -0.1) is 0 Å². The van der Waals surface area contributed by atoms with Gasteiger partial charge < -0.3 is 14.2 Å². The molecule has 1 aliphatic heterocycles. The summed E-state index contributed by atoms with van der Waals surface area (Å²) < 4.78 is 20.9. The second-order valence-corrected chi connectivity index (χ2v) is 9.17. The second-order valence-electron chi connectivity index (χ2n) is 9.17. The third-order valence-electron chi connectivity index (χ3n) is 6.91. The number of pyridine rings is 1. The Morgan fingerprint density at radius 2 is 1.71 bits per heavy atom. The Balaban J connectivity index is 1.21. The predicted molar refractivity (Wildman–Crippen MR) is 133 cm³/mol. The monoisotopic (exact) mass is 458 g/mol. The number of likely N-dealkylation sites (tertiary alicyclic amines) is 1. The van der Waals surface area contributed by atoms with E-state index >= 15 is 0 Å². The van der Waals surface area contributed by atoms with Crippen molar-refractivity contribution in [2.24, 2.45) is 5.92 Å². The van der Waals surface area contributed by atoms with Crippen molar-refractivity contribution in [3.8, 4) is 5.75 Å². The number of aromatic nitrogens is 3. The zero-order valence-corrected chi connectivity index (χ0v) is 19.7. The lowest BCUT2D eigenvalue weighted by molar-refractivity contribution is 0.184. The maximum atomic E-state index is 13.4. The molecule has 2 aromatic carbocycles. The van der Waals surface area contributed by atoms with Gasteiger partial charge in [-0.05, 0) is 85.8 Å². The lowest BCUT2D eigenvalue weighted by Gasteiger charge is -2.32. The number of hydrogen-bond donors (Lipinski definition) is 0. The first kappa shape index (κ1) is 22.5. The Hall–Kier alpha value is -3.25. The normalized spacial score (nSPS) is 15.1. The topological polar surface area (TPSA) is 43.2 Å². The standard InChI is InChI=1S/C28H31FN4O/c1-34-25-10-6-21(7-11-25)12-16-32-17-13-22(14-18-32)19-27-31-28-26(3-2-15-30-28)33(27)20-23-4-8-24(29)9-5-23/h2-11,15,22H,12-14,16-20H2,1H3. The number of hydrogen-bond acceptors (Lipinski definition) is 4. The van der Waals surface area contributed by atoms with Crippen molar-refractivity contribution in [1.29, 1.82) is 0 Å². The Bertz CT molecular complexity index is 1210. The minimum absolute atomic E-state index is 0.208. The van der Waals surface area contributed by atoms with Crippen LogP contribution >= 0.6 is 0 Å². The highest BCUT2D eigenvalue weighted by atomic mass is 19.1. The highest BCUT2D eigenvalue weighted by Crippen LogP contribution is 2.25. The van der Waals surface area contributed by atoms with Gasteiger partial charge in [0.1, 0.15) is 17.4 Å². The van der Waals surface area contributed by atoms with Gasteiger partial charge in [-0.3, -0.25) is 0 Å². The number of piperidine rings is 1. The van der Waals surface area contributed by atoms with Gasteiger partial charge in [0, 0.05) is 25.7 Å². The van der Waals surface area contributed by atoms with E-state index in [4.69, 9.17) is 9.72 Å².